The maximum atomic E-state index is 12.5. The summed E-state index contributed by atoms with van der Waals surface area (Å²) in [5.41, 5.74) is 1.15. The Morgan fingerprint density at radius 2 is 1.91 bits per heavy atom. The first kappa shape index (κ1) is 24.0. The molecule has 2 heterocycles. The molecule has 1 aliphatic rings. The maximum Gasteiger partial charge on any atom is 0.269 e. The molecule has 0 spiro atoms. The molecule has 2 aromatic rings. The van der Waals surface area contributed by atoms with Crippen molar-refractivity contribution in [1.82, 2.24) is 9.62 Å². The van der Waals surface area contributed by atoms with Gasteiger partial charge in [-0.2, -0.15) is 0 Å². The maximum absolute atomic E-state index is 12.5. The molecule has 1 aliphatic heterocycles. The third kappa shape index (κ3) is 4.87. The van der Waals surface area contributed by atoms with Crippen LogP contribution in [-0.4, -0.2) is 47.8 Å². The molecule has 0 saturated carbocycles. The highest BCUT2D eigenvalue weighted by molar-refractivity contribution is 7.89. The summed E-state index contributed by atoms with van der Waals surface area (Å²) in [6, 6.07) is 5.99. The number of rotatable bonds is 7. The van der Waals surface area contributed by atoms with Crippen LogP contribution in [0.15, 0.2) is 48.6 Å². The van der Waals surface area contributed by atoms with Crippen LogP contribution in [0.25, 0.3) is 0 Å². The molecule has 2 atom stereocenters. The smallest absolute Gasteiger partial charge is 0.269 e. The van der Waals surface area contributed by atoms with E-state index in [0.29, 0.717) is 18.1 Å². The summed E-state index contributed by atoms with van der Waals surface area (Å²) in [6.07, 6.45) is 2.37. The Kier molecular flexibility index (Phi) is 7.06. The predicted octanol–water partition coefficient (Wildman–Crippen LogP) is 2.90. The third-order valence-electron chi connectivity index (χ3n) is 4.94. The van der Waals surface area contributed by atoms with Crippen molar-refractivity contribution in [2.75, 3.05) is 19.4 Å². The fourth-order valence-corrected chi connectivity index (χ4v) is 4.61. The van der Waals surface area contributed by atoms with E-state index in [4.69, 9.17) is 4.42 Å². The van der Waals surface area contributed by atoms with Crippen molar-refractivity contribution in [3.8, 4) is 5.75 Å². The number of nitrogens with zero attached hydrogens (tertiary/aromatic N) is 3. The average Bonchev–Trinajstić information content (AvgIpc) is 3.34. The Balaban J connectivity index is 1.85. The number of anilines is 1. The van der Waals surface area contributed by atoms with Crippen LogP contribution in [0.1, 0.15) is 50.5 Å². The van der Waals surface area contributed by atoms with Crippen LogP contribution in [0.2, 0.25) is 0 Å². The molecule has 0 amide bonds. The molecule has 1 aromatic carbocycles. The highest BCUT2D eigenvalue weighted by Gasteiger charge is 2.27. The lowest BCUT2D eigenvalue weighted by atomic mass is 10.1. The van der Waals surface area contributed by atoms with Crippen LogP contribution in [0, 0.1) is 0 Å². The van der Waals surface area contributed by atoms with E-state index in [9.17, 15) is 17.7 Å². The van der Waals surface area contributed by atoms with Crippen LogP contribution in [0.5, 0.6) is 5.75 Å². The third-order valence-corrected chi connectivity index (χ3v) is 7.47. The number of furan rings is 1. The molecule has 174 valence electrons. The van der Waals surface area contributed by atoms with E-state index < -0.39 is 26.9 Å². The zero-order valence-electron chi connectivity index (χ0n) is 18.5. The fraction of sp³-hybridized carbons (Fsp3) is 0.400. The van der Waals surface area contributed by atoms with E-state index in [-0.39, 0.29) is 28.3 Å². The topological polar surface area (TPSA) is 137 Å². The Hall–Kier alpha value is -2.70. The number of hydrogen-bond donors (Lipinski definition) is 3. The molecule has 0 bridgehead atoms. The van der Waals surface area contributed by atoms with Gasteiger partial charge in [0, 0.05) is 14.1 Å². The lowest BCUT2D eigenvalue weighted by molar-refractivity contribution is 0.439. The molecule has 0 fully saturated rings. The second kappa shape index (κ2) is 9.43. The Bertz CT molecular complexity index is 1180. The normalized spacial score (nSPS) is 17.4. The van der Waals surface area contributed by atoms with Gasteiger partial charge >= 0.3 is 0 Å². The van der Waals surface area contributed by atoms with E-state index in [1.165, 1.54) is 32.3 Å². The van der Waals surface area contributed by atoms with E-state index in [1.807, 2.05) is 13.0 Å². The van der Waals surface area contributed by atoms with E-state index in [2.05, 4.69) is 33.3 Å². The number of nitrogens with one attached hydrogen (secondary N) is 2. The first-order chi connectivity index (χ1) is 15.0. The van der Waals surface area contributed by atoms with Crippen LogP contribution in [0.3, 0.4) is 0 Å². The molecule has 32 heavy (non-hydrogen) atoms. The van der Waals surface area contributed by atoms with Crippen molar-refractivity contribution >= 4 is 38.6 Å². The van der Waals surface area contributed by atoms with Crippen LogP contribution < -0.4 is 10.6 Å². The first-order valence-corrected chi connectivity index (χ1v) is 12.5. The Morgan fingerprint density at radius 3 is 2.50 bits per heavy atom. The van der Waals surface area contributed by atoms with Gasteiger partial charge in [0.15, 0.2) is 17.4 Å². The lowest BCUT2D eigenvalue weighted by Crippen LogP contribution is -2.36. The summed E-state index contributed by atoms with van der Waals surface area (Å²) in [6.45, 7) is 6.10. The quantitative estimate of drug-likeness (QED) is 0.517. The fourth-order valence-electron chi connectivity index (χ4n) is 2.99. The average molecular weight is 482 g/mol. The minimum Gasteiger partial charge on any atom is -0.504 e. The molecule has 12 heteroatoms. The van der Waals surface area contributed by atoms with Gasteiger partial charge in [0.25, 0.3) is 11.2 Å². The van der Waals surface area contributed by atoms with Gasteiger partial charge in [-0.25, -0.2) is 16.9 Å². The number of hydrogen-bond acceptors (Lipinski definition) is 7. The van der Waals surface area contributed by atoms with Crippen molar-refractivity contribution in [1.29, 1.82) is 0 Å². The van der Waals surface area contributed by atoms with Gasteiger partial charge < -0.3 is 20.2 Å². The minimum atomic E-state index is -3.87. The molecule has 0 radical (unpaired) electrons. The van der Waals surface area contributed by atoms with Crippen molar-refractivity contribution in [2.45, 2.75) is 44.0 Å². The van der Waals surface area contributed by atoms with Gasteiger partial charge in [0.05, 0.1) is 18.0 Å². The van der Waals surface area contributed by atoms with Crippen molar-refractivity contribution < 1.29 is 22.2 Å². The van der Waals surface area contributed by atoms with Gasteiger partial charge in [0.2, 0.25) is 10.0 Å². The molecule has 3 rings (SSSR count). The number of aromatic hydroxyl groups is 1. The molecular weight excluding hydrogens is 454 g/mol. The van der Waals surface area contributed by atoms with Gasteiger partial charge in [-0.1, -0.05) is 26.8 Å². The van der Waals surface area contributed by atoms with E-state index in [0.717, 1.165) is 9.87 Å². The zero-order valence-corrected chi connectivity index (χ0v) is 20.1. The minimum absolute atomic E-state index is 0.0909. The predicted molar refractivity (Wildman–Crippen MR) is 125 cm³/mol. The van der Waals surface area contributed by atoms with Crippen molar-refractivity contribution in [3.63, 3.8) is 0 Å². The largest absolute Gasteiger partial charge is 0.504 e. The molecule has 10 nitrogen and oxygen atoms in total. The summed E-state index contributed by atoms with van der Waals surface area (Å²) in [5.74, 6) is 0.886. The Labute approximate surface area is 190 Å². The molecule has 3 N–H and O–H groups in total. The standard InChI is InChI=1S/C20H27N5O5S2/c1-6-14(16-10-13(11-30-16)12(2)3)21-19-20(24-31(27)23-19)22-15-8-7-9-17(18(15)26)32(28,29)25(4)5/h7-12,14,26H,6H2,1-5H3,(H,21,23)(H,22,24). The highest BCUT2D eigenvalue weighted by atomic mass is 32.2. The van der Waals surface area contributed by atoms with Gasteiger partial charge in [0.1, 0.15) is 10.7 Å². The number of phenols is 1. The van der Waals surface area contributed by atoms with Crippen molar-refractivity contribution in [3.05, 3.63) is 41.9 Å². The van der Waals surface area contributed by atoms with Crippen LogP contribution in [0.4, 0.5) is 5.69 Å². The van der Waals surface area contributed by atoms with Gasteiger partial charge in [-0.15, -0.1) is 8.80 Å². The highest BCUT2D eigenvalue weighted by Crippen LogP contribution is 2.33. The van der Waals surface area contributed by atoms with Gasteiger partial charge in [-0.05, 0) is 36.1 Å². The summed E-state index contributed by atoms with van der Waals surface area (Å²) < 4.78 is 51.6. The molecular formula is C20H27N5O5S2. The number of phenolic OH excluding ortho intramolecular Hbond substituents is 1. The molecule has 2 unspecified atom stereocenters. The molecule has 0 aliphatic carbocycles. The second-order valence-corrected chi connectivity index (χ2v) is 10.7. The van der Waals surface area contributed by atoms with Crippen molar-refractivity contribution in [2.24, 2.45) is 8.80 Å². The summed E-state index contributed by atoms with van der Waals surface area (Å²) in [4.78, 5) is -0.262. The van der Waals surface area contributed by atoms with Gasteiger partial charge in [-0.3, -0.25) is 0 Å². The number of sulfonamides is 1. The number of para-hydroxylation sites is 1. The summed E-state index contributed by atoms with van der Waals surface area (Å²) >= 11 is -1.86. The Morgan fingerprint density at radius 1 is 1.22 bits per heavy atom. The SMILES string of the molecule is CCC(NC1=NS(=O)N=C1Nc1cccc(S(=O)(=O)N(C)C)c1O)c1cc(C(C)C)co1. The zero-order chi connectivity index (χ0) is 23.6. The van der Waals surface area contributed by atoms with E-state index in [1.54, 1.807) is 6.26 Å². The monoisotopic (exact) mass is 481 g/mol. The summed E-state index contributed by atoms with van der Waals surface area (Å²) in [5, 5.41) is 16.6. The molecule has 0 saturated heterocycles. The number of amidine groups is 2. The van der Waals surface area contributed by atoms with E-state index >= 15 is 0 Å². The van der Waals surface area contributed by atoms with Crippen LogP contribution >= 0.6 is 0 Å². The second-order valence-electron chi connectivity index (χ2n) is 7.72. The lowest BCUT2D eigenvalue weighted by Gasteiger charge is -2.18. The first-order valence-electron chi connectivity index (χ1n) is 10.0. The summed E-state index contributed by atoms with van der Waals surface area (Å²) in [7, 11) is -1.12. The number of benzene rings is 1. The molecule has 1 aromatic heterocycles. The van der Waals surface area contributed by atoms with Crippen LogP contribution in [-0.2, 0) is 21.2 Å².